The largest absolute Gasteiger partial charge is 0.493 e. The zero-order chi connectivity index (χ0) is 7.21. The van der Waals surface area contributed by atoms with Gasteiger partial charge in [-0.15, -0.1) is 37.1 Å². The Morgan fingerprint density at radius 3 is 1.00 bits per heavy atom. The van der Waals surface area contributed by atoms with Crippen molar-refractivity contribution in [2.45, 2.75) is 13.8 Å². The lowest BCUT2D eigenvalue weighted by Gasteiger charge is -2.00. The quantitative estimate of drug-likeness (QED) is 0.212. The molecule has 0 atom stereocenters. The van der Waals surface area contributed by atoms with Gasteiger partial charge in [0, 0.05) is 17.4 Å². The molecule has 0 aromatic carbocycles. The lowest BCUT2D eigenvalue weighted by molar-refractivity contribution is -0.273. The normalized spacial score (nSPS) is 4.81. The monoisotopic (exact) mass is 515 g/mol. The molecule has 0 amide bonds. The number of hydrogen-bond donors (Lipinski definition) is 0. The fraction of sp³-hybridized carbons (Fsp3) is 1.00. The molecule has 10 N–H and O–H groups in total. The van der Waals surface area contributed by atoms with Gasteiger partial charge in [0.1, 0.15) is 0 Å². The molecule has 0 aromatic rings. The predicted molar refractivity (Wildman–Crippen MR) is 78.8 cm³/mol. The maximum atomic E-state index is 10.5. The maximum absolute atomic E-state index is 10.5. The summed E-state index contributed by atoms with van der Waals surface area (Å²) in [5.74, 6) is 0. The van der Waals surface area contributed by atoms with E-state index in [1.165, 1.54) is 0 Å². The van der Waals surface area contributed by atoms with Crippen LogP contribution in [-0.2, 0) is 3.79 Å². The molecule has 0 spiro atoms. The Morgan fingerprint density at radius 1 is 0.938 bits per heavy atom. The highest BCUT2D eigenvalue weighted by molar-refractivity contribution is 14.1. The number of halogens is 5. The number of hydrogen-bond acceptors (Lipinski definition) is 1. The molecule has 0 rings (SSSR count). The lowest BCUT2D eigenvalue weighted by Crippen LogP contribution is -2.09. The maximum Gasteiger partial charge on any atom is 0.493 e. The van der Waals surface area contributed by atoms with E-state index < -0.39 is 6.36 Å². The smallest absolute Gasteiger partial charge is 0.439 e. The van der Waals surface area contributed by atoms with Gasteiger partial charge in [-0.3, -0.25) is 0 Å². The molecule has 5 radical (unpaired) electrons. The van der Waals surface area contributed by atoms with Crippen molar-refractivity contribution in [3.8, 4) is 0 Å². The third-order valence-electron chi connectivity index (χ3n) is 0.134. The molecule has 107 valence electrons. The van der Waals surface area contributed by atoms with Crippen molar-refractivity contribution in [2.75, 3.05) is 4.93 Å². The van der Waals surface area contributed by atoms with Crippen molar-refractivity contribution in [3.05, 3.63) is 0 Å². The highest BCUT2D eigenvalue weighted by Crippen LogP contribution is 2.12. The first kappa shape index (κ1) is 80.8. The molecule has 0 heterocycles. The van der Waals surface area contributed by atoms with E-state index >= 15 is 0 Å². The van der Waals surface area contributed by atoms with Crippen molar-refractivity contribution >= 4 is 80.6 Å². The lowest BCUT2D eigenvalue weighted by atomic mass is 11.4. The summed E-state index contributed by atoms with van der Waals surface area (Å²) < 4.78 is 34.5. The Kier molecular flexibility index (Phi) is 271. The van der Waals surface area contributed by atoms with Gasteiger partial charge in [0.15, 0.2) is 0 Å². The Bertz CT molecular complexity index is 64.8. The third kappa shape index (κ3) is 142. The van der Waals surface area contributed by atoms with Crippen LogP contribution in [0, 0.1) is 0 Å². The summed E-state index contributed by atoms with van der Waals surface area (Å²) in [5, 5.41) is 0. The van der Waals surface area contributed by atoms with Crippen LogP contribution in [0.15, 0.2) is 0 Å². The van der Waals surface area contributed by atoms with E-state index in [0.717, 1.165) is 16.6 Å². The van der Waals surface area contributed by atoms with Crippen LogP contribution in [0.25, 0.3) is 0 Å². The first-order valence-electron chi connectivity index (χ1n) is 1.38. The van der Waals surface area contributed by atoms with Crippen molar-refractivity contribution in [1.82, 2.24) is 0 Å². The van der Waals surface area contributed by atoms with E-state index in [1.54, 1.807) is 0 Å². The molecule has 0 unspecified atom stereocenters. The highest BCUT2D eigenvalue weighted by Gasteiger charge is 2.23. The van der Waals surface area contributed by atoms with E-state index in [-0.39, 0.29) is 76.1 Å². The van der Waals surface area contributed by atoms with Crippen LogP contribution in [0.3, 0.4) is 0 Å². The minimum Gasteiger partial charge on any atom is -0.439 e. The predicted octanol–water partition coefficient (Wildman–Crippen LogP) is -1.59. The summed E-state index contributed by atoms with van der Waals surface area (Å²) in [6, 6.07) is 0. The van der Waals surface area contributed by atoms with Gasteiger partial charge in [-0.1, -0.05) is 30.0 Å². The highest BCUT2D eigenvalue weighted by atomic mass is 127. The number of rotatable bonds is 0. The van der Waals surface area contributed by atoms with Crippen molar-refractivity contribution < 1.29 is 44.3 Å². The Labute approximate surface area is 142 Å². The van der Waals surface area contributed by atoms with Crippen LogP contribution in [-0.4, -0.2) is 72.7 Å². The number of alkyl halides is 4. The molecule has 0 saturated carbocycles. The van der Waals surface area contributed by atoms with E-state index in [1.807, 2.05) is 4.93 Å². The third-order valence-corrected chi connectivity index (χ3v) is 0.401. The van der Waals surface area contributed by atoms with Crippen molar-refractivity contribution in [2.24, 2.45) is 0 Å². The molecular formula is C3H18Al2F3I2O6. The fourth-order valence-electron chi connectivity index (χ4n) is 0. The molecule has 0 saturated heterocycles. The molecule has 0 fully saturated rings. The average molecular weight is 515 g/mol. The van der Waals surface area contributed by atoms with Crippen LogP contribution in [0.1, 0.15) is 7.43 Å². The molecule has 0 aliphatic heterocycles. The van der Waals surface area contributed by atoms with Crippen molar-refractivity contribution in [3.63, 3.8) is 0 Å². The molecule has 0 aliphatic rings. The van der Waals surface area contributed by atoms with Crippen LogP contribution >= 0.6 is 46.6 Å². The van der Waals surface area contributed by atoms with E-state index in [9.17, 15) is 13.2 Å². The molecule has 0 bridgehead atoms. The van der Waals surface area contributed by atoms with Gasteiger partial charge in [-0.2, -0.15) is 0 Å². The molecule has 0 aromatic heterocycles. The molecule has 0 aliphatic carbocycles. The second-order valence-electron chi connectivity index (χ2n) is 0.564. The van der Waals surface area contributed by atoms with Gasteiger partial charge in [0.25, 0.3) is 0 Å². The van der Waals surface area contributed by atoms with E-state index in [0.29, 0.717) is 0 Å². The summed E-state index contributed by atoms with van der Waals surface area (Å²) >= 11 is 3.25. The van der Waals surface area contributed by atoms with Crippen molar-refractivity contribution in [1.29, 1.82) is 0 Å². The summed E-state index contributed by atoms with van der Waals surface area (Å²) in [6.45, 7) is 0. The van der Waals surface area contributed by atoms with Gasteiger partial charge in [0.05, 0.1) is 0 Å². The van der Waals surface area contributed by atoms with Crippen LogP contribution in [0.4, 0.5) is 13.2 Å². The summed E-state index contributed by atoms with van der Waals surface area (Å²) in [6.07, 6.45) is -4.50. The van der Waals surface area contributed by atoms with Gasteiger partial charge in [0.2, 0.25) is 0 Å². The summed E-state index contributed by atoms with van der Waals surface area (Å²) in [5.41, 5.74) is 0. The SMILES string of the molecule is C.CI.FC(F)(F)[O][Al].I.O.O.O.O.O.[Al]. The minimum absolute atomic E-state index is 0. The molecular weight excluding hydrogens is 497 g/mol. The minimum atomic E-state index is -4.50. The first-order chi connectivity index (χ1) is 3.56. The Hall–Kier alpha value is 2.07. The molecule has 6 nitrogen and oxygen atoms in total. The zero-order valence-corrected chi connectivity index (χ0v) is 14.3. The second kappa shape index (κ2) is 53.6. The fourth-order valence-corrected chi connectivity index (χ4v) is 0. The van der Waals surface area contributed by atoms with Gasteiger partial charge in [-0.05, 0) is 4.93 Å². The zero-order valence-electron chi connectivity index (χ0n) is 7.48. The van der Waals surface area contributed by atoms with Crippen LogP contribution in [0.5, 0.6) is 0 Å². The van der Waals surface area contributed by atoms with Gasteiger partial charge >= 0.3 is 23.0 Å². The Morgan fingerprint density at radius 2 is 1.00 bits per heavy atom. The van der Waals surface area contributed by atoms with Crippen LogP contribution < -0.4 is 0 Å². The molecule has 16 heavy (non-hydrogen) atoms. The average Bonchev–Trinajstić information content (AvgIpc) is 1.71. The van der Waals surface area contributed by atoms with E-state index in [2.05, 4.69) is 26.4 Å². The van der Waals surface area contributed by atoms with Gasteiger partial charge in [-0.25, -0.2) is 0 Å². The standard InChI is InChI=1S/CF3O.CH3I.CH4.2Al.HI.5H2O/c2-1(3,4)5;1-2;;;;;;;;;/h;1H3;1H4;;;1H;5*1H2/q-1;;;;+1;;;;;;. The Balaban J connectivity index is -0.00000000429. The summed E-state index contributed by atoms with van der Waals surface area (Å²) in [7, 11) is 0. The summed E-state index contributed by atoms with van der Waals surface area (Å²) in [4.78, 5) is 1.97. The topological polar surface area (TPSA) is 167 Å². The van der Waals surface area contributed by atoms with E-state index in [4.69, 9.17) is 0 Å². The second-order valence-corrected chi connectivity index (χ2v) is 0.799. The molecule has 13 heteroatoms. The van der Waals surface area contributed by atoms with Crippen LogP contribution in [0.2, 0.25) is 0 Å². The van der Waals surface area contributed by atoms with Gasteiger partial charge < -0.3 is 31.2 Å². The first-order valence-corrected chi connectivity index (χ1v) is 4.01.